The van der Waals surface area contributed by atoms with Crippen LogP contribution in [0.2, 0.25) is 0 Å². The van der Waals surface area contributed by atoms with Gasteiger partial charge in [0.25, 0.3) is 0 Å². The molecule has 0 atom stereocenters. The van der Waals surface area contributed by atoms with Crippen molar-refractivity contribution in [1.82, 2.24) is 10.9 Å². The summed E-state index contributed by atoms with van der Waals surface area (Å²) in [6, 6.07) is 0. The van der Waals surface area contributed by atoms with Gasteiger partial charge >= 0.3 is 0 Å². The lowest BCUT2D eigenvalue weighted by atomic mass is 9.83. The van der Waals surface area contributed by atoms with Crippen LogP contribution in [0, 0.1) is 11.8 Å². The van der Waals surface area contributed by atoms with Gasteiger partial charge in [0.2, 0.25) is 5.91 Å². The van der Waals surface area contributed by atoms with Crippen molar-refractivity contribution in [2.24, 2.45) is 22.0 Å². The van der Waals surface area contributed by atoms with E-state index in [1.54, 1.807) is 0 Å². The zero-order valence-electron chi connectivity index (χ0n) is 12.1. The third kappa shape index (κ3) is 6.94. The fraction of sp³-hybridized carbons (Fsp3) is 0.786. The normalized spacial score (nSPS) is 23.9. The number of carbonyl (C=O) groups excluding carboxylic acids is 1. The molecular weight excluding hydrogens is 240 g/mol. The predicted octanol–water partition coefficient (Wildman–Crippen LogP) is 2.29. The average molecular weight is 266 g/mol. The maximum absolute atomic E-state index is 11.0. The summed E-state index contributed by atoms with van der Waals surface area (Å²) in [7, 11) is 0. The molecule has 1 rings (SSSR count). The molecule has 0 saturated heterocycles. The lowest BCUT2D eigenvalue weighted by Gasteiger charge is -2.23. The third-order valence-corrected chi connectivity index (χ3v) is 3.35. The van der Waals surface area contributed by atoms with Crippen LogP contribution in [0.25, 0.3) is 0 Å². The van der Waals surface area contributed by atoms with E-state index in [0.29, 0.717) is 18.3 Å². The Bertz CT molecular complexity index is 307. The van der Waals surface area contributed by atoms with Crippen LogP contribution in [-0.2, 0) is 4.79 Å². The molecule has 0 aromatic rings. The summed E-state index contributed by atoms with van der Waals surface area (Å²) < 4.78 is 0. The van der Waals surface area contributed by atoms with Gasteiger partial charge in [-0.1, -0.05) is 13.8 Å². The van der Waals surface area contributed by atoms with Gasteiger partial charge in [0.05, 0.1) is 0 Å². The zero-order chi connectivity index (χ0) is 13.9. The van der Waals surface area contributed by atoms with Crippen LogP contribution in [0.5, 0.6) is 0 Å². The number of hydrogen-bond donors (Lipinski definition) is 2. The van der Waals surface area contributed by atoms with E-state index in [1.165, 1.54) is 0 Å². The molecule has 0 spiro atoms. The first-order valence-electron chi connectivity index (χ1n) is 7.34. The van der Waals surface area contributed by atoms with Gasteiger partial charge < -0.3 is 5.43 Å². The number of nitrogens with one attached hydrogen (secondary N) is 2. The fourth-order valence-electron chi connectivity index (χ4n) is 2.07. The van der Waals surface area contributed by atoms with E-state index < -0.39 is 0 Å². The molecule has 1 aliphatic carbocycles. The highest BCUT2D eigenvalue weighted by Crippen LogP contribution is 2.26. The third-order valence-electron chi connectivity index (χ3n) is 3.35. The van der Waals surface area contributed by atoms with Gasteiger partial charge in [-0.2, -0.15) is 10.2 Å². The summed E-state index contributed by atoms with van der Waals surface area (Å²) in [6.07, 6.45) is 10.0. The molecule has 0 aliphatic heterocycles. The smallest absolute Gasteiger partial charge is 0.239 e. The van der Waals surface area contributed by atoms with E-state index in [0.717, 1.165) is 38.6 Å². The molecule has 1 amide bonds. The van der Waals surface area contributed by atoms with Gasteiger partial charge in [0.1, 0.15) is 0 Å². The second-order valence-electron chi connectivity index (χ2n) is 5.03. The van der Waals surface area contributed by atoms with Crippen LogP contribution in [-0.4, -0.2) is 24.9 Å². The molecule has 1 aliphatic rings. The van der Waals surface area contributed by atoms with Gasteiger partial charge in [-0.3, -0.25) is 4.79 Å². The molecule has 5 nitrogen and oxygen atoms in total. The monoisotopic (exact) mass is 266 g/mol. The van der Waals surface area contributed by atoms with E-state index in [1.807, 2.05) is 19.4 Å². The van der Waals surface area contributed by atoms with E-state index in [9.17, 15) is 4.79 Å². The molecule has 0 radical (unpaired) electrons. The van der Waals surface area contributed by atoms with Gasteiger partial charge in [0.15, 0.2) is 0 Å². The molecule has 5 heteroatoms. The van der Waals surface area contributed by atoms with E-state index in [4.69, 9.17) is 0 Å². The minimum atomic E-state index is -0.0286. The predicted molar refractivity (Wildman–Crippen MR) is 79.2 cm³/mol. The van der Waals surface area contributed by atoms with E-state index in [2.05, 4.69) is 28.0 Å². The zero-order valence-corrected chi connectivity index (χ0v) is 12.1. The highest BCUT2D eigenvalue weighted by molar-refractivity contribution is 5.76. The van der Waals surface area contributed by atoms with Crippen LogP contribution >= 0.6 is 0 Å². The van der Waals surface area contributed by atoms with Crippen molar-refractivity contribution in [3.8, 4) is 0 Å². The molecule has 0 heterocycles. The molecule has 2 N–H and O–H groups in total. The first-order chi connectivity index (χ1) is 9.26. The van der Waals surface area contributed by atoms with E-state index in [-0.39, 0.29) is 5.91 Å². The number of amides is 1. The van der Waals surface area contributed by atoms with Crippen molar-refractivity contribution in [2.75, 3.05) is 6.54 Å². The first kappa shape index (κ1) is 15.7. The van der Waals surface area contributed by atoms with Crippen LogP contribution in [0.4, 0.5) is 0 Å². The summed E-state index contributed by atoms with van der Waals surface area (Å²) in [5.74, 6) is 1.05. The first-order valence-corrected chi connectivity index (χ1v) is 7.34. The minimum absolute atomic E-state index is 0.0286. The number of carbonyl (C=O) groups is 1. The Morgan fingerprint density at radius 3 is 2.21 bits per heavy atom. The summed E-state index contributed by atoms with van der Waals surface area (Å²) in [6.45, 7) is 4.89. The Morgan fingerprint density at radius 1 is 1.11 bits per heavy atom. The number of hydrazone groups is 2. The van der Waals surface area contributed by atoms with Crippen LogP contribution in [0.3, 0.4) is 0 Å². The van der Waals surface area contributed by atoms with Gasteiger partial charge in [-0.25, -0.2) is 5.43 Å². The van der Waals surface area contributed by atoms with Gasteiger partial charge in [-0.15, -0.1) is 0 Å². The average Bonchev–Trinajstić information content (AvgIpc) is 2.45. The number of rotatable bonds is 7. The van der Waals surface area contributed by atoms with Crippen molar-refractivity contribution in [3.05, 3.63) is 0 Å². The topological polar surface area (TPSA) is 65.8 Å². The van der Waals surface area contributed by atoms with Crippen molar-refractivity contribution < 1.29 is 4.79 Å². The molecule has 1 fully saturated rings. The quantitative estimate of drug-likeness (QED) is 0.422. The molecule has 0 aromatic heterocycles. The fourth-order valence-corrected chi connectivity index (χ4v) is 2.07. The maximum atomic E-state index is 11.0. The van der Waals surface area contributed by atoms with E-state index >= 15 is 0 Å². The molecule has 108 valence electrons. The number of hydrogen-bond acceptors (Lipinski definition) is 4. The van der Waals surface area contributed by atoms with Crippen LogP contribution in [0.15, 0.2) is 10.2 Å². The molecular formula is C14H26N4O. The molecule has 0 unspecified atom stereocenters. The maximum Gasteiger partial charge on any atom is 0.239 e. The molecule has 0 bridgehead atoms. The Kier molecular flexibility index (Phi) is 7.86. The Hall–Kier alpha value is -1.39. The van der Waals surface area contributed by atoms with Gasteiger partial charge in [0, 0.05) is 25.4 Å². The SMILES string of the molecule is CCCN/N=C/C1CCC(/C=N/NC(=O)CC)CC1. The number of nitrogens with zero attached hydrogens (tertiary/aromatic N) is 2. The molecule has 0 aromatic carbocycles. The van der Waals surface area contributed by atoms with Crippen molar-refractivity contribution >= 4 is 18.3 Å². The molecule has 1 saturated carbocycles. The Balaban J connectivity index is 2.18. The van der Waals surface area contributed by atoms with Crippen LogP contribution in [0.1, 0.15) is 52.4 Å². The standard InChI is InChI=1S/C14H26N4O/c1-3-9-15-16-10-12-5-7-13(8-6-12)11-17-18-14(19)4-2/h10-13,15H,3-9H2,1-2H3,(H,18,19)/b16-10+,17-11+. The molecule has 19 heavy (non-hydrogen) atoms. The van der Waals surface area contributed by atoms with Crippen molar-refractivity contribution in [1.29, 1.82) is 0 Å². The summed E-state index contributed by atoms with van der Waals surface area (Å²) >= 11 is 0. The highest BCUT2D eigenvalue weighted by atomic mass is 16.2. The van der Waals surface area contributed by atoms with Gasteiger partial charge in [-0.05, 0) is 43.9 Å². The van der Waals surface area contributed by atoms with Crippen LogP contribution < -0.4 is 10.9 Å². The van der Waals surface area contributed by atoms with Crippen molar-refractivity contribution in [2.45, 2.75) is 52.4 Å². The Labute approximate surface area is 115 Å². The lowest BCUT2D eigenvalue weighted by molar-refractivity contribution is -0.120. The second-order valence-corrected chi connectivity index (χ2v) is 5.03. The lowest BCUT2D eigenvalue weighted by Crippen LogP contribution is -2.20. The summed E-state index contributed by atoms with van der Waals surface area (Å²) in [5, 5.41) is 8.25. The van der Waals surface area contributed by atoms with Crippen molar-refractivity contribution in [3.63, 3.8) is 0 Å². The summed E-state index contributed by atoms with van der Waals surface area (Å²) in [5.41, 5.74) is 5.58. The summed E-state index contributed by atoms with van der Waals surface area (Å²) in [4.78, 5) is 11.0. The largest absolute Gasteiger partial charge is 0.310 e. The highest BCUT2D eigenvalue weighted by Gasteiger charge is 2.18. The Morgan fingerprint density at radius 2 is 1.68 bits per heavy atom. The second kappa shape index (κ2) is 9.53. The minimum Gasteiger partial charge on any atom is -0.310 e.